The molecule has 0 bridgehead atoms. The van der Waals surface area contributed by atoms with Gasteiger partial charge in [-0.1, -0.05) is 19.9 Å². The average molecular weight is 106 g/mol. The van der Waals surface area contributed by atoms with E-state index in [4.69, 9.17) is 7.85 Å². The van der Waals surface area contributed by atoms with E-state index in [1.165, 1.54) is 6.42 Å². The fourth-order valence-electron chi connectivity index (χ4n) is 1.11. The van der Waals surface area contributed by atoms with Crippen LogP contribution in [0, 0.1) is 5.41 Å². The van der Waals surface area contributed by atoms with Gasteiger partial charge in [0.25, 0.3) is 0 Å². The summed E-state index contributed by atoms with van der Waals surface area (Å²) in [6, 6.07) is 0. The first-order valence-electron chi connectivity index (χ1n) is 3.07. The first-order chi connectivity index (χ1) is 3.60. The van der Waals surface area contributed by atoms with Gasteiger partial charge in [0.15, 0.2) is 0 Å². The van der Waals surface area contributed by atoms with Gasteiger partial charge in [-0.25, -0.2) is 0 Å². The highest BCUT2D eigenvalue weighted by Gasteiger charge is 2.19. The second kappa shape index (κ2) is 1.65. The van der Waals surface area contributed by atoms with Crippen LogP contribution in [0.1, 0.15) is 26.7 Å². The van der Waals surface area contributed by atoms with Crippen molar-refractivity contribution in [1.82, 2.24) is 0 Å². The summed E-state index contributed by atoms with van der Waals surface area (Å²) in [5, 5.41) is 0. The maximum absolute atomic E-state index is 5.57. The van der Waals surface area contributed by atoms with Crippen molar-refractivity contribution in [3.8, 4) is 0 Å². The van der Waals surface area contributed by atoms with E-state index < -0.39 is 0 Å². The SMILES string of the molecule is [B]C1=CC(C)(C)CC1. The second-order valence-corrected chi connectivity index (χ2v) is 3.21. The topological polar surface area (TPSA) is 0 Å². The molecule has 0 atom stereocenters. The van der Waals surface area contributed by atoms with Crippen LogP contribution < -0.4 is 0 Å². The molecule has 0 aliphatic heterocycles. The Hall–Kier alpha value is -0.195. The molecule has 0 heterocycles. The van der Waals surface area contributed by atoms with Crippen LogP contribution in [0.25, 0.3) is 0 Å². The van der Waals surface area contributed by atoms with Crippen LogP contribution in [0.4, 0.5) is 0 Å². The van der Waals surface area contributed by atoms with Gasteiger partial charge < -0.3 is 0 Å². The van der Waals surface area contributed by atoms with Gasteiger partial charge in [0.1, 0.15) is 7.85 Å². The lowest BCUT2D eigenvalue weighted by molar-refractivity contribution is 0.470. The number of rotatable bonds is 0. The number of allylic oxidation sites excluding steroid dienone is 2. The molecule has 0 nitrogen and oxygen atoms in total. The Morgan fingerprint density at radius 1 is 1.62 bits per heavy atom. The van der Waals surface area contributed by atoms with Crippen molar-refractivity contribution in [2.24, 2.45) is 5.41 Å². The second-order valence-electron chi connectivity index (χ2n) is 3.21. The molecule has 2 radical (unpaired) electrons. The van der Waals surface area contributed by atoms with Crippen LogP contribution >= 0.6 is 0 Å². The lowest BCUT2D eigenvalue weighted by Crippen LogP contribution is -2.00. The molecule has 0 aromatic heterocycles. The van der Waals surface area contributed by atoms with Crippen molar-refractivity contribution in [1.29, 1.82) is 0 Å². The van der Waals surface area contributed by atoms with Gasteiger partial charge in [-0.2, -0.15) is 0 Å². The Balaban J connectivity index is 2.67. The van der Waals surface area contributed by atoms with Crippen LogP contribution in [0.5, 0.6) is 0 Å². The van der Waals surface area contributed by atoms with Crippen molar-refractivity contribution in [3.05, 3.63) is 11.5 Å². The minimum absolute atomic E-state index is 0.379. The van der Waals surface area contributed by atoms with Gasteiger partial charge in [-0.15, -0.1) is 5.47 Å². The van der Waals surface area contributed by atoms with Crippen LogP contribution in [0.2, 0.25) is 0 Å². The third-order valence-corrected chi connectivity index (χ3v) is 1.63. The molecule has 0 saturated heterocycles. The molecule has 0 aromatic carbocycles. The van der Waals surface area contributed by atoms with Crippen molar-refractivity contribution in [2.75, 3.05) is 0 Å². The molecule has 0 N–H and O–H groups in total. The van der Waals surface area contributed by atoms with Crippen molar-refractivity contribution >= 4 is 7.85 Å². The highest BCUT2D eigenvalue weighted by atomic mass is 14.2. The summed E-state index contributed by atoms with van der Waals surface area (Å²) in [5.41, 5.74) is 1.44. The molecular weight excluding hydrogens is 94.9 g/mol. The minimum atomic E-state index is 0.379. The number of hydrogen-bond acceptors (Lipinski definition) is 0. The zero-order chi connectivity index (χ0) is 6.20. The Morgan fingerprint density at radius 3 is 2.38 bits per heavy atom. The molecule has 8 heavy (non-hydrogen) atoms. The summed E-state index contributed by atoms with van der Waals surface area (Å²) in [7, 11) is 5.57. The van der Waals surface area contributed by atoms with E-state index in [0.29, 0.717) is 5.41 Å². The number of hydrogen-bond donors (Lipinski definition) is 0. The lowest BCUT2D eigenvalue weighted by atomic mass is 9.93. The third-order valence-electron chi connectivity index (χ3n) is 1.63. The highest BCUT2D eigenvalue weighted by molar-refractivity contribution is 6.21. The molecule has 42 valence electrons. The van der Waals surface area contributed by atoms with Gasteiger partial charge in [-0.3, -0.25) is 0 Å². The standard InChI is InChI=1S/C7H11B/c1-7(2)4-3-6(8)5-7/h5H,3-4H2,1-2H3. The van der Waals surface area contributed by atoms with Crippen molar-refractivity contribution in [2.45, 2.75) is 26.7 Å². The monoisotopic (exact) mass is 106 g/mol. The molecule has 1 aliphatic carbocycles. The summed E-state index contributed by atoms with van der Waals surface area (Å²) in [6.07, 6.45) is 4.47. The van der Waals surface area contributed by atoms with E-state index in [9.17, 15) is 0 Å². The van der Waals surface area contributed by atoms with E-state index in [1.807, 2.05) is 0 Å². The van der Waals surface area contributed by atoms with Crippen LogP contribution in [0.15, 0.2) is 11.5 Å². The normalized spacial score (nSPS) is 25.5. The molecule has 0 fully saturated rings. The van der Waals surface area contributed by atoms with Crippen molar-refractivity contribution in [3.63, 3.8) is 0 Å². The van der Waals surface area contributed by atoms with Crippen LogP contribution in [0.3, 0.4) is 0 Å². The Bertz CT molecular complexity index is 122. The van der Waals surface area contributed by atoms with E-state index in [1.54, 1.807) is 0 Å². The molecule has 0 amide bonds. The maximum atomic E-state index is 5.57. The Morgan fingerprint density at radius 2 is 2.25 bits per heavy atom. The lowest BCUT2D eigenvalue weighted by Gasteiger charge is -2.11. The quantitative estimate of drug-likeness (QED) is 0.413. The third kappa shape index (κ3) is 1.15. The predicted octanol–water partition coefficient (Wildman–Crippen LogP) is 1.86. The Kier molecular flexibility index (Phi) is 1.22. The fraction of sp³-hybridized carbons (Fsp3) is 0.714. The van der Waals surface area contributed by atoms with Gasteiger partial charge >= 0.3 is 0 Å². The molecular formula is C7H11B. The molecule has 1 heteroatoms. The van der Waals surface area contributed by atoms with Gasteiger partial charge in [0, 0.05) is 0 Å². The molecule has 1 rings (SSSR count). The van der Waals surface area contributed by atoms with E-state index in [0.717, 1.165) is 11.9 Å². The van der Waals surface area contributed by atoms with Crippen LogP contribution in [-0.2, 0) is 0 Å². The molecule has 1 aliphatic rings. The Labute approximate surface area is 52.4 Å². The molecule has 0 saturated carbocycles. The van der Waals surface area contributed by atoms with Crippen molar-refractivity contribution < 1.29 is 0 Å². The zero-order valence-electron chi connectivity index (χ0n) is 5.57. The summed E-state index contributed by atoms with van der Waals surface area (Å²) >= 11 is 0. The maximum Gasteiger partial charge on any atom is 0.107 e. The highest BCUT2D eigenvalue weighted by Crippen LogP contribution is 2.32. The largest absolute Gasteiger partial charge is 0.121 e. The van der Waals surface area contributed by atoms with Crippen LogP contribution in [-0.4, -0.2) is 7.85 Å². The van der Waals surface area contributed by atoms with Gasteiger partial charge in [0.2, 0.25) is 0 Å². The fourth-order valence-corrected chi connectivity index (χ4v) is 1.11. The van der Waals surface area contributed by atoms with E-state index in [2.05, 4.69) is 19.9 Å². The first-order valence-corrected chi connectivity index (χ1v) is 3.07. The summed E-state index contributed by atoms with van der Waals surface area (Å²) in [5.74, 6) is 0. The summed E-state index contributed by atoms with van der Waals surface area (Å²) in [6.45, 7) is 4.43. The van der Waals surface area contributed by atoms with E-state index >= 15 is 0 Å². The molecule has 0 spiro atoms. The summed E-state index contributed by atoms with van der Waals surface area (Å²) < 4.78 is 0. The van der Waals surface area contributed by atoms with Gasteiger partial charge in [-0.05, 0) is 18.3 Å². The zero-order valence-corrected chi connectivity index (χ0v) is 5.57. The van der Waals surface area contributed by atoms with E-state index in [-0.39, 0.29) is 0 Å². The predicted molar refractivity (Wildman–Crippen MR) is 36.9 cm³/mol. The summed E-state index contributed by atoms with van der Waals surface area (Å²) in [4.78, 5) is 0. The smallest absolute Gasteiger partial charge is 0.107 e. The average Bonchev–Trinajstić information content (AvgIpc) is 1.82. The molecule has 0 unspecified atom stereocenters. The van der Waals surface area contributed by atoms with Gasteiger partial charge in [0.05, 0.1) is 0 Å². The first kappa shape index (κ1) is 5.93. The molecule has 0 aromatic rings. The minimum Gasteiger partial charge on any atom is -0.121 e.